The number of hydrogen-bond donors (Lipinski definition) is 0. The van der Waals surface area contributed by atoms with Crippen LogP contribution in [-0.2, 0) is 0 Å². The van der Waals surface area contributed by atoms with Crippen molar-refractivity contribution in [2.45, 2.75) is 103 Å². The molecule has 0 spiro atoms. The fraction of sp³-hybridized carbons (Fsp3) is 0.900. The lowest BCUT2D eigenvalue weighted by Crippen LogP contribution is -1.87. The Morgan fingerprint density at radius 2 is 1.60 bits per heavy atom. The molecule has 0 heterocycles. The SMILES string of the molecule is [2H]C([2H])([2H])CCCCCCC[C@@]1([2H])C[C@H]1CCCCCCCC=C. The minimum atomic E-state index is -1.75. The van der Waals surface area contributed by atoms with Gasteiger partial charge >= 0.3 is 0 Å². The molecule has 0 heteroatoms. The van der Waals surface area contributed by atoms with Gasteiger partial charge in [0, 0.05) is 5.48 Å². The molecule has 0 aromatic rings. The molecule has 0 nitrogen and oxygen atoms in total. The van der Waals surface area contributed by atoms with Crippen LogP contribution in [0.25, 0.3) is 0 Å². The Labute approximate surface area is 134 Å². The Hall–Kier alpha value is -0.260. The van der Waals surface area contributed by atoms with E-state index in [4.69, 9.17) is 5.48 Å². The molecular weight excluding hydrogens is 240 g/mol. The van der Waals surface area contributed by atoms with Gasteiger partial charge in [-0.3, -0.25) is 0 Å². The lowest BCUT2D eigenvalue weighted by Gasteiger charge is -2.02. The summed E-state index contributed by atoms with van der Waals surface area (Å²) in [6, 6.07) is 0. The average molecular weight is 283 g/mol. The highest BCUT2D eigenvalue weighted by Gasteiger charge is 2.34. The molecule has 1 aliphatic rings. The van der Waals surface area contributed by atoms with E-state index in [1.165, 1.54) is 38.5 Å². The first-order valence-corrected chi connectivity index (χ1v) is 8.98. The summed E-state index contributed by atoms with van der Waals surface area (Å²) in [7, 11) is 0. The molecular formula is C20H38. The monoisotopic (exact) mass is 282 g/mol. The fourth-order valence-corrected chi connectivity index (χ4v) is 3.09. The summed E-state index contributed by atoms with van der Waals surface area (Å²) >= 11 is 0. The molecule has 0 aliphatic heterocycles. The van der Waals surface area contributed by atoms with Crippen LogP contribution >= 0.6 is 0 Å². The maximum atomic E-state index is 8.48. The average Bonchev–Trinajstić information content (AvgIpc) is 3.15. The fourth-order valence-electron chi connectivity index (χ4n) is 3.09. The minimum absolute atomic E-state index is 0.110. The van der Waals surface area contributed by atoms with E-state index in [0.29, 0.717) is 12.3 Å². The first kappa shape index (κ1) is 12.3. The predicted molar refractivity (Wildman–Crippen MR) is 92.1 cm³/mol. The minimum Gasteiger partial charge on any atom is -0.103 e. The number of hydrogen-bond acceptors (Lipinski definition) is 0. The highest BCUT2D eigenvalue weighted by Crippen LogP contribution is 2.45. The third-order valence-electron chi connectivity index (χ3n) is 4.56. The molecule has 0 unspecified atom stereocenters. The van der Waals surface area contributed by atoms with Crippen LogP contribution in [-0.4, -0.2) is 0 Å². The van der Waals surface area contributed by atoms with E-state index in [9.17, 15) is 0 Å². The predicted octanol–water partition coefficient (Wildman–Crippen LogP) is 7.29. The Morgan fingerprint density at radius 1 is 0.950 bits per heavy atom. The topological polar surface area (TPSA) is 0 Å². The van der Waals surface area contributed by atoms with Crippen molar-refractivity contribution < 1.29 is 5.48 Å². The molecule has 0 saturated heterocycles. The molecule has 1 rings (SSSR count). The van der Waals surface area contributed by atoms with Crippen molar-refractivity contribution in [2.24, 2.45) is 11.8 Å². The van der Waals surface area contributed by atoms with Crippen LogP contribution in [0.5, 0.6) is 0 Å². The molecule has 0 aromatic heterocycles. The molecule has 0 radical (unpaired) electrons. The smallest absolute Gasteiger partial charge is 0.0306 e. The molecule has 118 valence electrons. The zero-order chi connectivity index (χ0) is 17.9. The van der Waals surface area contributed by atoms with Gasteiger partial charge < -0.3 is 0 Å². The quantitative estimate of drug-likeness (QED) is 0.218. The van der Waals surface area contributed by atoms with Crippen molar-refractivity contribution in [2.75, 3.05) is 0 Å². The van der Waals surface area contributed by atoms with E-state index in [1.54, 1.807) is 0 Å². The van der Waals surface area contributed by atoms with Crippen molar-refractivity contribution in [3.63, 3.8) is 0 Å². The second kappa shape index (κ2) is 12.5. The number of allylic oxidation sites excluding steroid dienone is 1. The molecule has 0 N–H and O–H groups in total. The Balaban J connectivity index is 1.89. The van der Waals surface area contributed by atoms with E-state index in [1.807, 2.05) is 6.08 Å². The van der Waals surface area contributed by atoms with Crippen molar-refractivity contribution in [3.05, 3.63) is 12.7 Å². The molecule has 0 amide bonds. The first-order valence-electron chi connectivity index (χ1n) is 11.0. The summed E-state index contributed by atoms with van der Waals surface area (Å²) in [5, 5.41) is 0. The zero-order valence-corrected chi connectivity index (χ0v) is 13.5. The van der Waals surface area contributed by atoms with Gasteiger partial charge in [-0.2, -0.15) is 0 Å². The highest BCUT2D eigenvalue weighted by molar-refractivity contribution is 4.85. The lowest BCUT2D eigenvalue weighted by atomic mass is 10.0. The van der Waals surface area contributed by atoms with Gasteiger partial charge in [0.1, 0.15) is 0 Å². The highest BCUT2D eigenvalue weighted by atomic mass is 14.4. The normalized spacial score (nSPS) is 28.3. The van der Waals surface area contributed by atoms with Crippen LogP contribution < -0.4 is 0 Å². The summed E-state index contributed by atoms with van der Waals surface area (Å²) in [6.45, 7) is 2.00. The summed E-state index contributed by atoms with van der Waals surface area (Å²) in [4.78, 5) is 0. The Morgan fingerprint density at radius 3 is 2.35 bits per heavy atom. The van der Waals surface area contributed by atoms with Crippen molar-refractivity contribution in [1.82, 2.24) is 0 Å². The molecule has 1 fully saturated rings. The summed E-state index contributed by atoms with van der Waals surface area (Å²) in [5.74, 6) is 0.544. The van der Waals surface area contributed by atoms with Crippen LogP contribution in [0.2, 0.25) is 0 Å². The molecule has 0 aromatic carbocycles. The van der Waals surface area contributed by atoms with Crippen LogP contribution in [0, 0.1) is 11.8 Å². The van der Waals surface area contributed by atoms with E-state index in [0.717, 1.165) is 51.4 Å². The third-order valence-corrected chi connectivity index (χ3v) is 4.56. The van der Waals surface area contributed by atoms with Gasteiger partial charge in [-0.1, -0.05) is 90.0 Å². The van der Waals surface area contributed by atoms with Gasteiger partial charge in [-0.25, -0.2) is 0 Å². The molecule has 2 atom stereocenters. The largest absolute Gasteiger partial charge is 0.103 e. The lowest BCUT2D eigenvalue weighted by molar-refractivity contribution is 0.516. The van der Waals surface area contributed by atoms with Gasteiger partial charge in [-0.15, -0.1) is 6.58 Å². The Kier molecular flexibility index (Phi) is 7.67. The number of rotatable bonds is 15. The van der Waals surface area contributed by atoms with E-state index in [-0.39, 0.29) is 5.89 Å². The van der Waals surface area contributed by atoms with Crippen molar-refractivity contribution in [3.8, 4) is 0 Å². The maximum absolute atomic E-state index is 8.48. The maximum Gasteiger partial charge on any atom is 0.0306 e. The standard InChI is InChI=1S/C20H38/c1-3-5-7-9-11-13-15-17-20-18-19(20)16-14-12-10-8-6-4-2/h3,19-20H,1,4-18H2,2H3/t19-,20+/m0/s1/i2D3,19D. The van der Waals surface area contributed by atoms with Crippen molar-refractivity contribution in [1.29, 1.82) is 0 Å². The molecule has 1 aliphatic carbocycles. The van der Waals surface area contributed by atoms with E-state index < -0.39 is 6.85 Å². The molecule has 1 saturated carbocycles. The van der Waals surface area contributed by atoms with Gasteiger partial charge in [0.15, 0.2) is 0 Å². The van der Waals surface area contributed by atoms with Crippen LogP contribution in [0.15, 0.2) is 12.7 Å². The molecule has 0 bridgehead atoms. The first-order chi connectivity index (χ1) is 11.4. The van der Waals surface area contributed by atoms with Crippen LogP contribution in [0.4, 0.5) is 0 Å². The zero-order valence-electron chi connectivity index (χ0n) is 17.5. The summed E-state index contributed by atoms with van der Waals surface area (Å²) in [5.41, 5.74) is 0. The molecule has 20 heavy (non-hydrogen) atoms. The van der Waals surface area contributed by atoms with E-state index in [2.05, 4.69) is 6.58 Å². The van der Waals surface area contributed by atoms with E-state index >= 15 is 0 Å². The van der Waals surface area contributed by atoms with Crippen LogP contribution in [0.1, 0.15) is 109 Å². The second-order valence-corrected chi connectivity index (χ2v) is 6.46. The van der Waals surface area contributed by atoms with Crippen molar-refractivity contribution >= 4 is 0 Å². The summed E-state index contributed by atoms with van der Waals surface area (Å²) in [6.07, 6.45) is 18.8. The Bertz CT molecular complexity index is 337. The second-order valence-electron chi connectivity index (χ2n) is 6.46. The third kappa shape index (κ3) is 9.61. The summed E-state index contributed by atoms with van der Waals surface area (Å²) < 4.78 is 30.0. The van der Waals surface area contributed by atoms with Gasteiger partial charge in [-0.05, 0) is 31.1 Å². The van der Waals surface area contributed by atoms with Gasteiger partial charge in [0.2, 0.25) is 0 Å². The van der Waals surface area contributed by atoms with Gasteiger partial charge in [0.05, 0.1) is 0 Å². The number of unbranched alkanes of at least 4 members (excludes halogenated alkanes) is 9. The van der Waals surface area contributed by atoms with Gasteiger partial charge in [0.25, 0.3) is 0 Å². The van der Waals surface area contributed by atoms with Crippen LogP contribution in [0.3, 0.4) is 0 Å².